The maximum absolute atomic E-state index is 7.35. The van der Waals surface area contributed by atoms with E-state index in [4.69, 9.17) is 10.1 Å². The number of nitrogens with one attached hydrogen (secondary N) is 1. The van der Waals surface area contributed by atoms with Gasteiger partial charge in [-0.15, -0.1) is 0 Å². The maximum atomic E-state index is 7.35. The van der Waals surface area contributed by atoms with E-state index >= 15 is 0 Å². The van der Waals surface area contributed by atoms with Crippen LogP contribution in [-0.2, 0) is 4.74 Å². The van der Waals surface area contributed by atoms with Gasteiger partial charge in [-0.2, -0.15) is 0 Å². The highest BCUT2D eigenvalue weighted by molar-refractivity contribution is 5.86. The minimum Gasteiger partial charge on any atom is -0.370 e. The second-order valence-corrected chi connectivity index (χ2v) is 2.98. The van der Waals surface area contributed by atoms with Gasteiger partial charge in [0.15, 0.2) is 0 Å². The Morgan fingerprint density at radius 3 is 2.30 bits per heavy atom. The molecule has 0 radical (unpaired) electrons. The van der Waals surface area contributed by atoms with E-state index in [0.29, 0.717) is 5.71 Å². The van der Waals surface area contributed by atoms with Crippen LogP contribution in [0.2, 0.25) is 0 Å². The van der Waals surface area contributed by atoms with Crippen molar-refractivity contribution in [2.24, 2.45) is 0 Å². The van der Waals surface area contributed by atoms with Crippen LogP contribution in [-0.4, -0.2) is 17.9 Å². The molecular weight excluding hydrogens is 126 g/mol. The van der Waals surface area contributed by atoms with Crippen molar-refractivity contribution in [2.75, 3.05) is 6.61 Å². The van der Waals surface area contributed by atoms with E-state index in [2.05, 4.69) is 6.92 Å². The molecule has 0 unspecified atom stereocenters. The standard InChI is InChI=1S/C8H17NO/c1-5-6-10-8(3,4)7(2)9/h9H,5-6H2,1-4H3. The Morgan fingerprint density at radius 2 is 2.00 bits per heavy atom. The highest BCUT2D eigenvalue weighted by Crippen LogP contribution is 2.10. The van der Waals surface area contributed by atoms with Gasteiger partial charge in [-0.3, -0.25) is 0 Å². The zero-order valence-electron chi connectivity index (χ0n) is 7.32. The van der Waals surface area contributed by atoms with E-state index < -0.39 is 0 Å². The van der Waals surface area contributed by atoms with Crippen molar-refractivity contribution < 1.29 is 4.74 Å². The van der Waals surface area contributed by atoms with Crippen LogP contribution in [0.3, 0.4) is 0 Å². The molecule has 0 saturated heterocycles. The predicted octanol–water partition coefficient (Wildman–Crippen LogP) is 2.23. The van der Waals surface area contributed by atoms with Crippen LogP contribution in [0.15, 0.2) is 0 Å². The lowest BCUT2D eigenvalue weighted by Gasteiger charge is -2.23. The van der Waals surface area contributed by atoms with Crippen molar-refractivity contribution >= 4 is 5.71 Å². The van der Waals surface area contributed by atoms with E-state index in [1.54, 1.807) is 6.92 Å². The minimum absolute atomic E-state index is 0.365. The second-order valence-electron chi connectivity index (χ2n) is 2.98. The van der Waals surface area contributed by atoms with E-state index in [9.17, 15) is 0 Å². The summed E-state index contributed by atoms with van der Waals surface area (Å²) in [6, 6.07) is 0. The summed E-state index contributed by atoms with van der Waals surface area (Å²) in [5.74, 6) is 0. The van der Waals surface area contributed by atoms with Crippen molar-refractivity contribution in [3.8, 4) is 0 Å². The monoisotopic (exact) mass is 143 g/mol. The first-order valence-corrected chi connectivity index (χ1v) is 3.70. The van der Waals surface area contributed by atoms with Crippen molar-refractivity contribution in [3.63, 3.8) is 0 Å². The maximum Gasteiger partial charge on any atom is 0.0995 e. The molecule has 1 N–H and O–H groups in total. The first-order valence-electron chi connectivity index (χ1n) is 3.70. The third-order valence-corrected chi connectivity index (χ3v) is 1.57. The molecule has 0 rings (SSSR count). The Bertz CT molecular complexity index is 118. The van der Waals surface area contributed by atoms with Gasteiger partial charge in [0.25, 0.3) is 0 Å². The Morgan fingerprint density at radius 1 is 1.50 bits per heavy atom. The summed E-state index contributed by atoms with van der Waals surface area (Å²) in [5, 5.41) is 7.35. The summed E-state index contributed by atoms with van der Waals surface area (Å²) in [4.78, 5) is 0. The van der Waals surface area contributed by atoms with Crippen molar-refractivity contribution in [1.82, 2.24) is 0 Å². The number of rotatable bonds is 4. The Kier molecular flexibility index (Phi) is 3.58. The molecule has 2 nitrogen and oxygen atoms in total. The summed E-state index contributed by atoms with van der Waals surface area (Å²) >= 11 is 0. The van der Waals surface area contributed by atoms with Gasteiger partial charge in [0.2, 0.25) is 0 Å². The molecule has 0 aromatic carbocycles. The highest BCUT2D eigenvalue weighted by atomic mass is 16.5. The Hall–Kier alpha value is -0.370. The molecule has 0 aliphatic rings. The van der Waals surface area contributed by atoms with Crippen molar-refractivity contribution in [1.29, 1.82) is 5.41 Å². The third kappa shape index (κ3) is 2.97. The summed E-state index contributed by atoms with van der Waals surface area (Å²) in [5.41, 5.74) is 0.219. The van der Waals surface area contributed by atoms with E-state index in [1.807, 2.05) is 13.8 Å². The van der Waals surface area contributed by atoms with Gasteiger partial charge in [0, 0.05) is 12.3 Å². The quantitative estimate of drug-likeness (QED) is 0.601. The van der Waals surface area contributed by atoms with Crippen LogP contribution in [0, 0.1) is 5.41 Å². The molecule has 0 aromatic rings. The Labute approximate surface area is 63.1 Å². The lowest BCUT2D eigenvalue weighted by atomic mass is 10.0. The number of ether oxygens (including phenoxy) is 1. The largest absolute Gasteiger partial charge is 0.370 e. The molecule has 10 heavy (non-hydrogen) atoms. The van der Waals surface area contributed by atoms with Crippen LogP contribution in [0.4, 0.5) is 0 Å². The lowest BCUT2D eigenvalue weighted by Crippen LogP contribution is -2.32. The number of hydrogen-bond donors (Lipinski definition) is 1. The van der Waals surface area contributed by atoms with Gasteiger partial charge in [0.1, 0.15) is 0 Å². The molecule has 2 heteroatoms. The van der Waals surface area contributed by atoms with Gasteiger partial charge in [-0.25, -0.2) is 0 Å². The van der Waals surface area contributed by atoms with Crippen molar-refractivity contribution in [2.45, 2.75) is 39.7 Å². The van der Waals surface area contributed by atoms with Gasteiger partial charge < -0.3 is 10.1 Å². The molecular formula is C8H17NO. The molecule has 0 heterocycles. The molecule has 0 saturated carbocycles. The molecule has 60 valence electrons. The normalized spacial score (nSPS) is 11.6. The molecule has 0 fully saturated rings. The van der Waals surface area contributed by atoms with Crippen LogP contribution in [0.5, 0.6) is 0 Å². The van der Waals surface area contributed by atoms with Crippen LogP contribution in [0.1, 0.15) is 34.1 Å². The molecule has 0 aliphatic carbocycles. The molecule has 0 aromatic heterocycles. The predicted molar refractivity (Wildman–Crippen MR) is 43.7 cm³/mol. The first-order chi connectivity index (χ1) is 4.50. The average Bonchev–Trinajstić information content (AvgIpc) is 1.84. The van der Waals surface area contributed by atoms with Gasteiger partial charge >= 0.3 is 0 Å². The van der Waals surface area contributed by atoms with Gasteiger partial charge in [-0.05, 0) is 27.2 Å². The summed E-state index contributed by atoms with van der Waals surface area (Å²) < 4.78 is 5.42. The fourth-order valence-electron chi connectivity index (χ4n) is 0.465. The summed E-state index contributed by atoms with van der Waals surface area (Å²) in [6.45, 7) is 8.42. The fourth-order valence-corrected chi connectivity index (χ4v) is 0.465. The fraction of sp³-hybridized carbons (Fsp3) is 0.875. The molecule has 0 spiro atoms. The molecule has 0 amide bonds. The average molecular weight is 143 g/mol. The van der Waals surface area contributed by atoms with E-state index in [1.165, 1.54) is 0 Å². The first kappa shape index (κ1) is 9.63. The van der Waals surface area contributed by atoms with Crippen LogP contribution < -0.4 is 0 Å². The topological polar surface area (TPSA) is 33.1 Å². The molecule has 0 bridgehead atoms. The highest BCUT2D eigenvalue weighted by Gasteiger charge is 2.19. The second kappa shape index (κ2) is 3.71. The van der Waals surface area contributed by atoms with E-state index in [0.717, 1.165) is 13.0 Å². The third-order valence-electron chi connectivity index (χ3n) is 1.57. The smallest absolute Gasteiger partial charge is 0.0995 e. The minimum atomic E-state index is -0.365. The summed E-state index contributed by atoms with van der Waals surface area (Å²) in [6.07, 6.45) is 1.01. The molecule has 0 aliphatic heterocycles. The van der Waals surface area contributed by atoms with Gasteiger partial charge in [0.05, 0.1) is 5.60 Å². The van der Waals surface area contributed by atoms with Crippen molar-refractivity contribution in [3.05, 3.63) is 0 Å². The summed E-state index contributed by atoms with van der Waals surface area (Å²) in [7, 11) is 0. The Balaban J connectivity index is 3.75. The lowest BCUT2D eigenvalue weighted by molar-refractivity contribution is 0.0342. The van der Waals surface area contributed by atoms with E-state index in [-0.39, 0.29) is 5.60 Å². The van der Waals surface area contributed by atoms with Crippen LogP contribution in [0.25, 0.3) is 0 Å². The van der Waals surface area contributed by atoms with Crippen LogP contribution >= 0.6 is 0 Å². The zero-order valence-corrected chi connectivity index (χ0v) is 7.32. The zero-order chi connectivity index (χ0) is 8.20. The van der Waals surface area contributed by atoms with Gasteiger partial charge in [-0.1, -0.05) is 6.92 Å². The molecule has 0 atom stereocenters. The SMILES string of the molecule is CCCOC(C)(C)C(C)=N. The number of hydrogen-bond acceptors (Lipinski definition) is 2.